The van der Waals surface area contributed by atoms with E-state index in [0.717, 1.165) is 11.3 Å². The number of hydrogen-bond acceptors (Lipinski definition) is 3. The van der Waals surface area contributed by atoms with Gasteiger partial charge in [-0.25, -0.2) is 5.48 Å². The Hall–Kier alpha value is -2.33. The van der Waals surface area contributed by atoms with Crippen molar-refractivity contribution in [3.05, 3.63) is 65.2 Å². The molecule has 1 amide bonds. The summed E-state index contributed by atoms with van der Waals surface area (Å²) >= 11 is 0. The second-order valence-corrected chi connectivity index (χ2v) is 4.36. The summed E-state index contributed by atoms with van der Waals surface area (Å²) in [7, 11) is 0. The average Bonchev–Trinajstić information content (AvgIpc) is 2.45. The quantitative estimate of drug-likeness (QED) is 0.582. The predicted octanol–water partition coefficient (Wildman–Crippen LogP) is 2.73. The SMILES string of the molecule is Cc1cccc(NCc2ccc(C(=O)NO)cc2)c1. The van der Waals surface area contributed by atoms with Gasteiger partial charge < -0.3 is 5.32 Å². The topological polar surface area (TPSA) is 61.4 Å². The van der Waals surface area contributed by atoms with Crippen LogP contribution in [0.2, 0.25) is 0 Å². The largest absolute Gasteiger partial charge is 0.381 e. The second-order valence-electron chi connectivity index (χ2n) is 4.36. The molecule has 0 saturated heterocycles. The van der Waals surface area contributed by atoms with Gasteiger partial charge in [0.1, 0.15) is 0 Å². The van der Waals surface area contributed by atoms with E-state index in [1.807, 2.05) is 37.3 Å². The molecular weight excluding hydrogens is 240 g/mol. The number of hydroxylamine groups is 1. The van der Waals surface area contributed by atoms with Gasteiger partial charge in [0.2, 0.25) is 0 Å². The molecule has 0 aliphatic carbocycles. The number of aryl methyl sites for hydroxylation is 1. The highest BCUT2D eigenvalue weighted by atomic mass is 16.5. The molecule has 0 radical (unpaired) electrons. The van der Waals surface area contributed by atoms with E-state index in [9.17, 15) is 4.79 Å². The Bertz CT molecular complexity index is 565. The molecule has 0 aromatic heterocycles. The molecule has 3 N–H and O–H groups in total. The molecule has 0 heterocycles. The van der Waals surface area contributed by atoms with Gasteiger partial charge in [0.15, 0.2) is 0 Å². The number of benzene rings is 2. The smallest absolute Gasteiger partial charge is 0.274 e. The van der Waals surface area contributed by atoms with Crippen molar-refractivity contribution >= 4 is 11.6 Å². The van der Waals surface area contributed by atoms with Gasteiger partial charge in [-0.05, 0) is 42.3 Å². The molecule has 0 fully saturated rings. The number of rotatable bonds is 4. The fourth-order valence-corrected chi connectivity index (χ4v) is 1.80. The van der Waals surface area contributed by atoms with Crippen molar-refractivity contribution in [2.75, 3.05) is 5.32 Å². The Morgan fingerprint density at radius 3 is 2.53 bits per heavy atom. The monoisotopic (exact) mass is 256 g/mol. The van der Waals surface area contributed by atoms with Crippen molar-refractivity contribution in [3.8, 4) is 0 Å². The molecule has 0 spiro atoms. The summed E-state index contributed by atoms with van der Waals surface area (Å²) in [6.07, 6.45) is 0. The molecule has 4 nitrogen and oxygen atoms in total. The van der Waals surface area contributed by atoms with Crippen LogP contribution in [0, 0.1) is 6.92 Å². The lowest BCUT2D eigenvalue weighted by Crippen LogP contribution is -2.18. The van der Waals surface area contributed by atoms with Crippen LogP contribution in [0.3, 0.4) is 0 Å². The first-order valence-corrected chi connectivity index (χ1v) is 6.03. The van der Waals surface area contributed by atoms with Crippen LogP contribution in [0.1, 0.15) is 21.5 Å². The number of anilines is 1. The molecule has 19 heavy (non-hydrogen) atoms. The van der Waals surface area contributed by atoms with Crippen LogP contribution >= 0.6 is 0 Å². The maximum atomic E-state index is 11.2. The lowest BCUT2D eigenvalue weighted by Gasteiger charge is -2.07. The third-order valence-electron chi connectivity index (χ3n) is 2.83. The van der Waals surface area contributed by atoms with Crippen LogP contribution in [0.15, 0.2) is 48.5 Å². The third-order valence-corrected chi connectivity index (χ3v) is 2.83. The molecule has 2 aromatic rings. The summed E-state index contributed by atoms with van der Waals surface area (Å²) in [5.41, 5.74) is 5.38. The molecule has 4 heteroatoms. The van der Waals surface area contributed by atoms with E-state index in [1.165, 1.54) is 5.56 Å². The van der Waals surface area contributed by atoms with Crippen LogP contribution in [-0.4, -0.2) is 11.1 Å². The van der Waals surface area contributed by atoms with E-state index >= 15 is 0 Å². The Morgan fingerprint density at radius 2 is 1.89 bits per heavy atom. The highest BCUT2D eigenvalue weighted by molar-refractivity contribution is 5.93. The Kier molecular flexibility index (Phi) is 4.15. The van der Waals surface area contributed by atoms with Crippen LogP contribution in [-0.2, 0) is 6.54 Å². The van der Waals surface area contributed by atoms with Crippen LogP contribution in [0.25, 0.3) is 0 Å². The normalized spacial score (nSPS) is 10.0. The van der Waals surface area contributed by atoms with Crippen molar-refractivity contribution in [2.24, 2.45) is 0 Å². The molecule has 0 unspecified atom stereocenters. The number of amides is 1. The summed E-state index contributed by atoms with van der Waals surface area (Å²) in [6, 6.07) is 15.2. The average molecular weight is 256 g/mol. The van der Waals surface area contributed by atoms with E-state index in [2.05, 4.69) is 11.4 Å². The van der Waals surface area contributed by atoms with E-state index < -0.39 is 5.91 Å². The predicted molar refractivity (Wildman–Crippen MR) is 74.2 cm³/mol. The lowest BCUT2D eigenvalue weighted by atomic mass is 10.1. The zero-order chi connectivity index (χ0) is 13.7. The Morgan fingerprint density at radius 1 is 1.16 bits per heavy atom. The summed E-state index contributed by atoms with van der Waals surface area (Å²) in [5.74, 6) is -0.502. The van der Waals surface area contributed by atoms with Crippen molar-refractivity contribution in [2.45, 2.75) is 13.5 Å². The molecule has 0 aliphatic heterocycles. The number of hydrogen-bond donors (Lipinski definition) is 3. The first-order valence-electron chi connectivity index (χ1n) is 6.03. The lowest BCUT2D eigenvalue weighted by molar-refractivity contribution is 0.0706. The molecule has 0 bridgehead atoms. The minimum atomic E-state index is -0.502. The number of carbonyl (C=O) groups excluding carboxylic acids is 1. The molecule has 0 atom stereocenters. The van der Waals surface area contributed by atoms with Gasteiger partial charge in [0.25, 0.3) is 5.91 Å². The van der Waals surface area contributed by atoms with Gasteiger partial charge in [-0.2, -0.15) is 0 Å². The van der Waals surface area contributed by atoms with Gasteiger partial charge in [-0.3, -0.25) is 10.0 Å². The van der Waals surface area contributed by atoms with Crippen LogP contribution in [0.5, 0.6) is 0 Å². The van der Waals surface area contributed by atoms with Gasteiger partial charge >= 0.3 is 0 Å². The second kappa shape index (κ2) is 6.02. The molecule has 2 rings (SSSR count). The van der Waals surface area contributed by atoms with Crippen molar-refractivity contribution in [1.29, 1.82) is 0 Å². The van der Waals surface area contributed by atoms with Crippen molar-refractivity contribution < 1.29 is 10.0 Å². The van der Waals surface area contributed by atoms with Gasteiger partial charge in [0.05, 0.1) is 0 Å². The Labute approximate surface area is 112 Å². The zero-order valence-corrected chi connectivity index (χ0v) is 10.7. The van der Waals surface area contributed by atoms with Gasteiger partial charge in [-0.1, -0.05) is 24.3 Å². The van der Waals surface area contributed by atoms with E-state index in [1.54, 1.807) is 17.6 Å². The third kappa shape index (κ3) is 3.56. The van der Waals surface area contributed by atoms with E-state index in [4.69, 9.17) is 5.21 Å². The minimum Gasteiger partial charge on any atom is -0.381 e. The first-order chi connectivity index (χ1) is 9.19. The van der Waals surface area contributed by atoms with Crippen LogP contribution < -0.4 is 10.8 Å². The Balaban J connectivity index is 1.98. The van der Waals surface area contributed by atoms with Crippen molar-refractivity contribution in [3.63, 3.8) is 0 Å². The van der Waals surface area contributed by atoms with E-state index in [-0.39, 0.29) is 0 Å². The van der Waals surface area contributed by atoms with Crippen LogP contribution in [0.4, 0.5) is 5.69 Å². The van der Waals surface area contributed by atoms with Crippen molar-refractivity contribution in [1.82, 2.24) is 5.48 Å². The molecule has 2 aromatic carbocycles. The standard InChI is InChI=1S/C15H16N2O2/c1-11-3-2-4-14(9-11)16-10-12-5-7-13(8-6-12)15(18)17-19/h2-9,16,19H,10H2,1H3,(H,17,18). The van der Waals surface area contributed by atoms with E-state index in [0.29, 0.717) is 12.1 Å². The summed E-state index contributed by atoms with van der Waals surface area (Å²) in [6.45, 7) is 2.73. The molecular formula is C15H16N2O2. The van der Waals surface area contributed by atoms with Gasteiger partial charge in [0, 0.05) is 17.8 Å². The molecule has 0 saturated carbocycles. The fraction of sp³-hybridized carbons (Fsp3) is 0.133. The summed E-state index contributed by atoms with van der Waals surface area (Å²) in [5, 5.41) is 11.8. The number of nitrogens with one attached hydrogen (secondary N) is 2. The van der Waals surface area contributed by atoms with Gasteiger partial charge in [-0.15, -0.1) is 0 Å². The fourth-order valence-electron chi connectivity index (χ4n) is 1.80. The number of carbonyl (C=O) groups is 1. The molecule has 0 aliphatic rings. The highest BCUT2D eigenvalue weighted by Crippen LogP contribution is 2.12. The highest BCUT2D eigenvalue weighted by Gasteiger charge is 2.03. The zero-order valence-electron chi connectivity index (χ0n) is 10.7. The maximum Gasteiger partial charge on any atom is 0.274 e. The summed E-state index contributed by atoms with van der Waals surface area (Å²) < 4.78 is 0. The first kappa shape index (κ1) is 13.1. The summed E-state index contributed by atoms with van der Waals surface area (Å²) in [4.78, 5) is 11.2. The maximum absolute atomic E-state index is 11.2. The minimum absolute atomic E-state index is 0.432. The molecule has 98 valence electrons.